The van der Waals surface area contributed by atoms with Crippen molar-refractivity contribution in [3.63, 3.8) is 0 Å². The molecule has 1 unspecified atom stereocenters. The summed E-state index contributed by atoms with van der Waals surface area (Å²) in [4.78, 5) is 14.6. The monoisotopic (exact) mass is 354 g/mol. The molecule has 3 nitrogen and oxygen atoms in total. The lowest BCUT2D eigenvalue weighted by atomic mass is 10.0. The van der Waals surface area contributed by atoms with Crippen LogP contribution in [0.4, 0.5) is 4.39 Å². The van der Waals surface area contributed by atoms with Gasteiger partial charge in [-0.05, 0) is 50.4 Å². The summed E-state index contributed by atoms with van der Waals surface area (Å²) in [5.41, 5.74) is 0.435. The van der Waals surface area contributed by atoms with E-state index in [1.165, 1.54) is 25.0 Å². The van der Waals surface area contributed by atoms with E-state index in [1.54, 1.807) is 6.07 Å². The SMILES string of the molecule is O=C(c1cc(F)cc(Br)c1)N(CC1CCCCN1)C1CC1. The Morgan fingerprint density at radius 1 is 1.29 bits per heavy atom. The van der Waals surface area contributed by atoms with Crippen LogP contribution in [0.3, 0.4) is 0 Å². The van der Waals surface area contributed by atoms with Gasteiger partial charge in [0.2, 0.25) is 0 Å². The van der Waals surface area contributed by atoms with E-state index in [1.807, 2.05) is 4.90 Å². The maximum absolute atomic E-state index is 13.5. The van der Waals surface area contributed by atoms with E-state index < -0.39 is 0 Å². The van der Waals surface area contributed by atoms with Crippen molar-refractivity contribution in [1.29, 1.82) is 0 Å². The molecule has 1 aromatic rings. The molecule has 114 valence electrons. The van der Waals surface area contributed by atoms with Gasteiger partial charge in [-0.2, -0.15) is 0 Å². The Labute approximate surface area is 133 Å². The van der Waals surface area contributed by atoms with E-state index in [0.29, 0.717) is 22.1 Å². The standard InChI is InChI=1S/C16H20BrFN2O/c17-12-7-11(8-13(18)9-12)16(21)20(15-4-5-15)10-14-3-1-2-6-19-14/h7-9,14-15,19H,1-6,10H2. The molecule has 0 spiro atoms. The van der Waals surface area contributed by atoms with E-state index in [-0.39, 0.29) is 11.7 Å². The lowest BCUT2D eigenvalue weighted by Gasteiger charge is -2.31. The molecule has 1 N–H and O–H groups in total. The van der Waals surface area contributed by atoms with Gasteiger partial charge in [0, 0.05) is 28.7 Å². The normalized spacial score (nSPS) is 22.1. The molecular formula is C16H20BrFN2O. The maximum Gasteiger partial charge on any atom is 0.254 e. The third-order valence-electron chi connectivity index (χ3n) is 4.19. The van der Waals surface area contributed by atoms with Gasteiger partial charge in [0.05, 0.1) is 0 Å². The van der Waals surface area contributed by atoms with Crippen LogP contribution in [0.2, 0.25) is 0 Å². The van der Waals surface area contributed by atoms with Crippen LogP contribution >= 0.6 is 15.9 Å². The van der Waals surface area contributed by atoms with E-state index >= 15 is 0 Å². The van der Waals surface area contributed by atoms with Gasteiger partial charge in [-0.1, -0.05) is 22.4 Å². The third kappa shape index (κ3) is 3.83. The molecule has 5 heteroatoms. The van der Waals surface area contributed by atoms with Crippen LogP contribution in [0.1, 0.15) is 42.5 Å². The minimum atomic E-state index is -0.376. The van der Waals surface area contributed by atoms with Crippen LogP contribution in [0, 0.1) is 5.82 Å². The fourth-order valence-electron chi connectivity index (χ4n) is 2.94. The van der Waals surface area contributed by atoms with Crippen LogP contribution in [-0.4, -0.2) is 36.0 Å². The number of halogens is 2. The summed E-state index contributed by atoms with van der Waals surface area (Å²) in [5.74, 6) is -0.427. The molecule has 1 saturated carbocycles. The van der Waals surface area contributed by atoms with Gasteiger partial charge >= 0.3 is 0 Å². The molecule has 1 aliphatic heterocycles. The molecule has 1 saturated heterocycles. The second-order valence-electron chi connectivity index (χ2n) is 5.99. The van der Waals surface area contributed by atoms with Crippen LogP contribution < -0.4 is 5.32 Å². The van der Waals surface area contributed by atoms with Crippen molar-refractivity contribution in [2.45, 2.75) is 44.2 Å². The molecule has 0 aromatic heterocycles. The number of nitrogens with one attached hydrogen (secondary N) is 1. The molecule has 2 aliphatic rings. The minimum absolute atomic E-state index is 0.0509. The van der Waals surface area contributed by atoms with Gasteiger partial charge in [-0.15, -0.1) is 0 Å². The second-order valence-corrected chi connectivity index (χ2v) is 6.91. The first-order valence-electron chi connectivity index (χ1n) is 7.64. The van der Waals surface area contributed by atoms with Crippen molar-refractivity contribution < 1.29 is 9.18 Å². The van der Waals surface area contributed by atoms with Gasteiger partial charge in [-0.3, -0.25) is 4.79 Å². The zero-order chi connectivity index (χ0) is 14.8. The minimum Gasteiger partial charge on any atom is -0.334 e. The number of benzene rings is 1. The zero-order valence-corrected chi connectivity index (χ0v) is 13.5. The number of rotatable bonds is 4. The number of carbonyl (C=O) groups is 1. The fourth-order valence-corrected chi connectivity index (χ4v) is 3.41. The number of hydrogen-bond acceptors (Lipinski definition) is 2. The number of piperidine rings is 1. The summed E-state index contributed by atoms with van der Waals surface area (Å²) >= 11 is 3.26. The Hall–Kier alpha value is -0.940. The molecule has 1 aromatic carbocycles. The molecule has 21 heavy (non-hydrogen) atoms. The van der Waals surface area contributed by atoms with E-state index in [9.17, 15) is 9.18 Å². The first-order valence-corrected chi connectivity index (χ1v) is 8.43. The molecule has 3 rings (SSSR count). The molecule has 1 aliphatic carbocycles. The van der Waals surface area contributed by atoms with Crippen molar-refractivity contribution in [2.24, 2.45) is 0 Å². The number of carbonyl (C=O) groups excluding carboxylic acids is 1. The topological polar surface area (TPSA) is 32.3 Å². The summed E-state index contributed by atoms with van der Waals surface area (Å²) in [6.07, 6.45) is 5.67. The van der Waals surface area contributed by atoms with Gasteiger partial charge in [0.1, 0.15) is 5.82 Å². The second kappa shape index (κ2) is 6.44. The highest BCUT2D eigenvalue weighted by molar-refractivity contribution is 9.10. The quantitative estimate of drug-likeness (QED) is 0.899. The van der Waals surface area contributed by atoms with Crippen LogP contribution in [0.15, 0.2) is 22.7 Å². The summed E-state index contributed by atoms with van der Waals surface area (Å²) < 4.78 is 14.1. The van der Waals surface area contributed by atoms with Gasteiger partial charge < -0.3 is 10.2 Å². The van der Waals surface area contributed by atoms with Crippen molar-refractivity contribution in [3.8, 4) is 0 Å². The van der Waals surface area contributed by atoms with Gasteiger partial charge in [0.15, 0.2) is 0 Å². The molecule has 0 radical (unpaired) electrons. The highest BCUT2D eigenvalue weighted by Gasteiger charge is 2.34. The Kier molecular flexibility index (Phi) is 4.60. The summed E-state index contributed by atoms with van der Waals surface area (Å²) in [7, 11) is 0. The predicted molar refractivity (Wildman–Crippen MR) is 83.8 cm³/mol. The average molecular weight is 355 g/mol. The van der Waals surface area contributed by atoms with Gasteiger partial charge in [0.25, 0.3) is 5.91 Å². The lowest BCUT2D eigenvalue weighted by Crippen LogP contribution is -2.46. The molecule has 1 amide bonds. The average Bonchev–Trinajstić information content (AvgIpc) is 3.29. The summed E-state index contributed by atoms with van der Waals surface area (Å²) in [6.45, 7) is 1.76. The zero-order valence-electron chi connectivity index (χ0n) is 11.9. The Balaban J connectivity index is 1.74. The molecular weight excluding hydrogens is 335 g/mol. The highest BCUT2D eigenvalue weighted by Crippen LogP contribution is 2.29. The Bertz CT molecular complexity index is 507. The molecule has 1 heterocycles. The molecule has 0 bridgehead atoms. The summed E-state index contributed by atoms with van der Waals surface area (Å²) in [6, 6.07) is 5.12. The summed E-state index contributed by atoms with van der Waals surface area (Å²) in [5, 5.41) is 3.48. The Morgan fingerprint density at radius 3 is 2.71 bits per heavy atom. The van der Waals surface area contributed by atoms with Crippen molar-refractivity contribution in [3.05, 3.63) is 34.1 Å². The molecule has 2 fully saturated rings. The van der Waals surface area contributed by atoms with Crippen LogP contribution in [0.5, 0.6) is 0 Å². The largest absolute Gasteiger partial charge is 0.334 e. The number of amides is 1. The smallest absolute Gasteiger partial charge is 0.254 e. The predicted octanol–water partition coefficient (Wildman–Crippen LogP) is 3.33. The van der Waals surface area contributed by atoms with Gasteiger partial charge in [-0.25, -0.2) is 4.39 Å². The first-order chi connectivity index (χ1) is 10.1. The van der Waals surface area contributed by atoms with E-state index in [4.69, 9.17) is 0 Å². The maximum atomic E-state index is 13.5. The fraction of sp³-hybridized carbons (Fsp3) is 0.562. The van der Waals surface area contributed by atoms with Crippen molar-refractivity contribution in [2.75, 3.05) is 13.1 Å². The number of nitrogens with zero attached hydrogens (tertiary/aromatic N) is 1. The van der Waals surface area contributed by atoms with Crippen LogP contribution in [0.25, 0.3) is 0 Å². The molecule has 1 atom stereocenters. The van der Waals surface area contributed by atoms with Crippen LogP contribution in [-0.2, 0) is 0 Å². The lowest BCUT2D eigenvalue weighted by molar-refractivity contribution is 0.0717. The first kappa shape index (κ1) is 15.0. The highest BCUT2D eigenvalue weighted by atomic mass is 79.9. The van der Waals surface area contributed by atoms with E-state index in [2.05, 4.69) is 21.2 Å². The third-order valence-corrected chi connectivity index (χ3v) is 4.65. The number of hydrogen-bond donors (Lipinski definition) is 1. The van der Waals surface area contributed by atoms with Crippen molar-refractivity contribution >= 4 is 21.8 Å². The van der Waals surface area contributed by atoms with Crippen molar-refractivity contribution in [1.82, 2.24) is 10.2 Å². The Morgan fingerprint density at radius 2 is 2.10 bits per heavy atom. The van der Waals surface area contributed by atoms with E-state index in [0.717, 1.165) is 32.4 Å².